The highest BCUT2D eigenvalue weighted by Gasteiger charge is 2.30. The van der Waals surface area contributed by atoms with Crippen LogP contribution < -0.4 is 15.0 Å². The van der Waals surface area contributed by atoms with Gasteiger partial charge >= 0.3 is 0 Å². The van der Waals surface area contributed by atoms with E-state index in [2.05, 4.69) is 22.9 Å². The van der Waals surface area contributed by atoms with Crippen molar-refractivity contribution in [3.63, 3.8) is 0 Å². The van der Waals surface area contributed by atoms with Gasteiger partial charge in [-0.3, -0.25) is 14.2 Å². The molecule has 0 aliphatic heterocycles. The van der Waals surface area contributed by atoms with Crippen molar-refractivity contribution >= 4 is 32.7 Å². The second-order valence-electron chi connectivity index (χ2n) is 10.5. The third-order valence-electron chi connectivity index (χ3n) is 7.89. The van der Waals surface area contributed by atoms with E-state index in [1.165, 1.54) is 5.56 Å². The molecule has 8 heteroatoms. The molecule has 1 unspecified atom stereocenters. The molecule has 1 aromatic heterocycles. The average Bonchev–Trinajstić information content (AvgIpc) is 3.06. The van der Waals surface area contributed by atoms with Gasteiger partial charge in [-0.15, -0.1) is 0 Å². The van der Waals surface area contributed by atoms with Gasteiger partial charge in [0.25, 0.3) is 11.5 Å². The van der Waals surface area contributed by atoms with Gasteiger partial charge in [-0.1, -0.05) is 66.2 Å². The highest BCUT2D eigenvalue weighted by atomic mass is 79.9. The molecule has 0 N–H and O–H groups in total. The number of hydrogen-bond acceptors (Lipinski definition) is 5. The van der Waals surface area contributed by atoms with Crippen LogP contribution in [-0.4, -0.2) is 41.1 Å². The largest absolute Gasteiger partial charge is 0.493 e. The number of aryl methyl sites for hydroxylation is 1. The highest BCUT2D eigenvalue weighted by molar-refractivity contribution is 9.10. The van der Waals surface area contributed by atoms with Gasteiger partial charge in [-0.05, 0) is 85.0 Å². The Bertz CT molecular complexity index is 1830. The molecule has 0 radical (unpaired) electrons. The summed E-state index contributed by atoms with van der Waals surface area (Å²) in [4.78, 5) is 35.4. The molecule has 4 aromatic carbocycles. The molecule has 5 aromatic rings. The molecular formula is C36H36BrN3O4. The first kappa shape index (κ1) is 31.0. The van der Waals surface area contributed by atoms with Crippen LogP contribution in [0.5, 0.6) is 11.5 Å². The average molecular weight is 655 g/mol. The third kappa shape index (κ3) is 6.40. The number of hydrogen-bond donors (Lipinski definition) is 0. The van der Waals surface area contributed by atoms with Crippen LogP contribution in [0.4, 0.5) is 0 Å². The van der Waals surface area contributed by atoms with Crippen LogP contribution in [0.15, 0.2) is 100 Å². The number of amides is 1. The molecule has 7 nitrogen and oxygen atoms in total. The lowest BCUT2D eigenvalue weighted by atomic mass is 10.0. The topological polar surface area (TPSA) is 73.7 Å². The second kappa shape index (κ2) is 13.9. The van der Waals surface area contributed by atoms with E-state index in [1.54, 1.807) is 24.9 Å². The molecule has 0 aliphatic carbocycles. The van der Waals surface area contributed by atoms with Crippen LogP contribution in [0.2, 0.25) is 0 Å². The maximum Gasteiger partial charge on any atom is 0.266 e. The van der Waals surface area contributed by atoms with Crippen molar-refractivity contribution in [2.45, 2.75) is 39.2 Å². The van der Waals surface area contributed by atoms with Crippen molar-refractivity contribution in [2.75, 3.05) is 20.8 Å². The molecule has 1 amide bonds. The minimum atomic E-state index is -0.496. The lowest BCUT2D eigenvalue weighted by Crippen LogP contribution is -2.39. The molecular weight excluding hydrogens is 618 g/mol. The molecule has 0 fully saturated rings. The van der Waals surface area contributed by atoms with Crippen LogP contribution in [0.3, 0.4) is 0 Å². The molecule has 5 rings (SSSR count). The number of carbonyl (C=O) groups is 1. The highest BCUT2D eigenvalue weighted by Crippen LogP contribution is 2.31. The number of benzene rings is 4. The minimum absolute atomic E-state index is 0.145. The van der Waals surface area contributed by atoms with Crippen LogP contribution >= 0.6 is 15.9 Å². The number of para-hydroxylation sites is 1. The van der Waals surface area contributed by atoms with Crippen LogP contribution in [0, 0.1) is 0 Å². The summed E-state index contributed by atoms with van der Waals surface area (Å²) in [6.07, 6.45) is 1.99. The molecule has 0 saturated heterocycles. The lowest BCUT2D eigenvalue weighted by Gasteiger charge is -2.33. The molecule has 226 valence electrons. The first-order chi connectivity index (χ1) is 21.4. The Labute approximate surface area is 266 Å². The normalized spacial score (nSPS) is 11.8. The summed E-state index contributed by atoms with van der Waals surface area (Å²) in [5.74, 6) is 1.65. The van der Waals surface area contributed by atoms with E-state index in [4.69, 9.17) is 14.5 Å². The van der Waals surface area contributed by atoms with E-state index in [0.29, 0.717) is 58.9 Å². The summed E-state index contributed by atoms with van der Waals surface area (Å²) in [6.45, 7) is 4.51. The van der Waals surface area contributed by atoms with E-state index in [9.17, 15) is 9.59 Å². The van der Waals surface area contributed by atoms with Crippen LogP contribution in [0.1, 0.15) is 53.6 Å². The van der Waals surface area contributed by atoms with E-state index < -0.39 is 6.04 Å². The Hall–Kier alpha value is -4.43. The minimum Gasteiger partial charge on any atom is -0.493 e. The fourth-order valence-electron chi connectivity index (χ4n) is 5.52. The van der Waals surface area contributed by atoms with Crippen molar-refractivity contribution in [3.05, 3.63) is 128 Å². The van der Waals surface area contributed by atoms with Gasteiger partial charge in [0.15, 0.2) is 11.5 Å². The standard InChI is InChI=1S/C36H36BrN3O4/c1-5-24-14-17-28(18-15-24)40-34(38-30-13-8-7-12-29(30)36(40)42)31(6-2)39(35(41)26-10-9-11-27(37)23-26)21-20-25-16-19-32(43-3)33(22-25)44-4/h7-19,22-23,31H,5-6,20-21H2,1-4H3. The Kier molecular flexibility index (Phi) is 9.80. The number of carbonyl (C=O) groups excluding carboxylic acids is 1. The molecule has 0 spiro atoms. The van der Waals surface area contributed by atoms with Gasteiger partial charge in [0.2, 0.25) is 0 Å². The lowest BCUT2D eigenvalue weighted by molar-refractivity contribution is 0.0661. The van der Waals surface area contributed by atoms with E-state index >= 15 is 0 Å². The zero-order chi connectivity index (χ0) is 31.2. The fourth-order valence-corrected chi connectivity index (χ4v) is 5.92. The zero-order valence-electron chi connectivity index (χ0n) is 25.4. The second-order valence-corrected chi connectivity index (χ2v) is 11.4. The first-order valence-corrected chi connectivity index (χ1v) is 15.6. The number of aromatic nitrogens is 2. The van der Waals surface area contributed by atoms with Gasteiger partial charge in [-0.2, -0.15) is 0 Å². The number of halogens is 1. The quantitative estimate of drug-likeness (QED) is 0.147. The van der Waals surface area contributed by atoms with Crippen LogP contribution in [-0.2, 0) is 12.8 Å². The van der Waals surface area contributed by atoms with Gasteiger partial charge in [0.05, 0.1) is 36.9 Å². The van der Waals surface area contributed by atoms with Crippen molar-refractivity contribution in [1.82, 2.24) is 14.5 Å². The summed E-state index contributed by atoms with van der Waals surface area (Å²) in [5.41, 5.74) is 3.86. The molecule has 0 bridgehead atoms. The number of methoxy groups -OCH3 is 2. The molecule has 1 heterocycles. The fraction of sp³-hybridized carbons (Fsp3) is 0.250. The van der Waals surface area contributed by atoms with Crippen molar-refractivity contribution in [3.8, 4) is 17.2 Å². The van der Waals surface area contributed by atoms with E-state index in [0.717, 1.165) is 16.5 Å². The summed E-state index contributed by atoms with van der Waals surface area (Å²) < 4.78 is 13.4. The maximum absolute atomic E-state index is 14.3. The zero-order valence-corrected chi connectivity index (χ0v) is 27.0. The summed E-state index contributed by atoms with van der Waals surface area (Å²) in [7, 11) is 3.21. The molecule has 0 saturated carbocycles. The Balaban J connectivity index is 1.66. The molecule has 1 atom stereocenters. The van der Waals surface area contributed by atoms with E-state index in [1.807, 2.05) is 96.8 Å². The van der Waals surface area contributed by atoms with Gasteiger partial charge in [0, 0.05) is 16.6 Å². The number of fused-ring (bicyclic) bond motifs is 1. The molecule has 0 aliphatic rings. The predicted octanol–water partition coefficient (Wildman–Crippen LogP) is 7.56. The van der Waals surface area contributed by atoms with Crippen LogP contribution in [0.25, 0.3) is 16.6 Å². The summed E-state index contributed by atoms with van der Waals surface area (Å²) in [5, 5.41) is 0.529. The van der Waals surface area contributed by atoms with Crippen molar-refractivity contribution in [1.29, 1.82) is 0 Å². The van der Waals surface area contributed by atoms with Gasteiger partial charge < -0.3 is 14.4 Å². The summed E-state index contributed by atoms with van der Waals surface area (Å²) >= 11 is 3.52. The number of ether oxygens (including phenoxy) is 2. The smallest absolute Gasteiger partial charge is 0.266 e. The number of rotatable bonds is 11. The third-order valence-corrected chi connectivity index (χ3v) is 8.38. The van der Waals surface area contributed by atoms with Gasteiger partial charge in [0.1, 0.15) is 5.82 Å². The number of nitrogens with zero attached hydrogens (tertiary/aromatic N) is 3. The predicted molar refractivity (Wildman–Crippen MR) is 178 cm³/mol. The Morgan fingerprint density at radius 2 is 1.61 bits per heavy atom. The van der Waals surface area contributed by atoms with E-state index in [-0.39, 0.29) is 11.5 Å². The molecule has 44 heavy (non-hydrogen) atoms. The monoisotopic (exact) mass is 653 g/mol. The SMILES string of the molecule is CCc1ccc(-n2c(C(CC)N(CCc3ccc(OC)c(OC)c3)C(=O)c3cccc(Br)c3)nc3ccccc3c2=O)cc1. The Morgan fingerprint density at radius 1 is 0.886 bits per heavy atom. The summed E-state index contributed by atoms with van der Waals surface area (Å²) in [6, 6.07) is 28.0. The van der Waals surface area contributed by atoms with Crippen molar-refractivity contribution < 1.29 is 14.3 Å². The Morgan fingerprint density at radius 3 is 2.30 bits per heavy atom. The first-order valence-electron chi connectivity index (χ1n) is 14.8. The maximum atomic E-state index is 14.3. The van der Waals surface area contributed by atoms with Crippen molar-refractivity contribution in [2.24, 2.45) is 0 Å². The van der Waals surface area contributed by atoms with Gasteiger partial charge in [-0.25, -0.2) is 4.98 Å².